The van der Waals surface area contributed by atoms with E-state index in [-0.39, 0.29) is 6.04 Å². The summed E-state index contributed by atoms with van der Waals surface area (Å²) in [5.41, 5.74) is 0. The molecule has 0 amide bonds. The first-order valence-corrected chi connectivity index (χ1v) is 10.5. The van der Waals surface area contributed by atoms with E-state index < -0.39 is 0 Å². The quantitative estimate of drug-likeness (QED) is 0.209. The Labute approximate surface area is 158 Å². The zero-order valence-corrected chi connectivity index (χ0v) is 17.2. The molecule has 0 radical (unpaired) electrons. The first-order valence-electron chi connectivity index (χ1n) is 10.5. The van der Waals surface area contributed by atoms with E-state index in [2.05, 4.69) is 44.9 Å². The lowest BCUT2D eigenvalue weighted by Gasteiger charge is -2.40. The van der Waals surface area contributed by atoms with Gasteiger partial charge in [0.15, 0.2) is 0 Å². The minimum Gasteiger partial charge on any atom is -0.282 e. The van der Waals surface area contributed by atoms with Crippen LogP contribution in [-0.4, -0.2) is 23.0 Å². The highest BCUT2D eigenvalue weighted by Crippen LogP contribution is 2.26. The van der Waals surface area contributed by atoms with Gasteiger partial charge >= 0.3 is 0 Å². The summed E-state index contributed by atoms with van der Waals surface area (Å²) in [7, 11) is 0. The van der Waals surface area contributed by atoms with Crippen LogP contribution in [0.25, 0.3) is 0 Å². The summed E-state index contributed by atoms with van der Waals surface area (Å²) in [6.07, 6.45) is 18.4. The van der Waals surface area contributed by atoms with Crippen molar-refractivity contribution in [3.63, 3.8) is 0 Å². The number of allylic oxidation sites excluding steroid dienone is 2. The minimum absolute atomic E-state index is 0.0205. The molecule has 0 heterocycles. The first kappa shape index (κ1) is 23.9. The number of unbranched alkanes of at least 4 members (excludes halogenated alkanes) is 4. The Morgan fingerprint density at radius 1 is 0.840 bits per heavy atom. The summed E-state index contributed by atoms with van der Waals surface area (Å²) >= 11 is 0. The molecule has 25 heavy (non-hydrogen) atoms. The predicted octanol–water partition coefficient (Wildman–Crippen LogP) is 7.03. The van der Waals surface area contributed by atoms with Gasteiger partial charge < -0.3 is 0 Å². The molecule has 0 saturated carbocycles. The van der Waals surface area contributed by atoms with Crippen LogP contribution < -0.4 is 0 Å². The normalized spacial score (nSPS) is 14.7. The van der Waals surface area contributed by atoms with Crippen LogP contribution in [0, 0.1) is 11.3 Å². The third-order valence-electron chi connectivity index (χ3n) is 5.17. The van der Waals surface area contributed by atoms with Crippen molar-refractivity contribution >= 4 is 0 Å². The van der Waals surface area contributed by atoms with Crippen LogP contribution in [0.15, 0.2) is 25.3 Å². The summed E-state index contributed by atoms with van der Waals surface area (Å²) in [4.78, 5) is 2.55. The lowest BCUT2D eigenvalue weighted by Crippen LogP contribution is -2.48. The Morgan fingerprint density at radius 3 is 1.60 bits per heavy atom. The summed E-state index contributed by atoms with van der Waals surface area (Å²) in [6.45, 7) is 14.4. The van der Waals surface area contributed by atoms with E-state index in [0.717, 1.165) is 25.7 Å². The van der Waals surface area contributed by atoms with Gasteiger partial charge in [0.2, 0.25) is 0 Å². The van der Waals surface area contributed by atoms with E-state index in [1.807, 2.05) is 12.2 Å². The molecule has 3 unspecified atom stereocenters. The molecule has 0 rings (SSSR count). The lowest BCUT2D eigenvalue weighted by atomic mass is 9.94. The van der Waals surface area contributed by atoms with Crippen molar-refractivity contribution in [2.45, 2.75) is 116 Å². The maximum Gasteiger partial charge on any atom is 0.0954 e. The average molecular weight is 347 g/mol. The Hall–Kier alpha value is -1.07. The summed E-state index contributed by atoms with van der Waals surface area (Å²) < 4.78 is 0. The molecule has 0 fully saturated rings. The molecule has 0 bridgehead atoms. The molecule has 0 aliphatic rings. The maximum absolute atomic E-state index is 9.67. The SMILES string of the molecule is C=CCCC(CCCCC)N(C(C)C#N)C(CCC=C)CCCCC. The van der Waals surface area contributed by atoms with E-state index in [9.17, 15) is 5.26 Å². The van der Waals surface area contributed by atoms with Gasteiger partial charge in [-0.2, -0.15) is 5.26 Å². The molecule has 0 spiro atoms. The van der Waals surface area contributed by atoms with Gasteiger partial charge in [0, 0.05) is 12.1 Å². The molecule has 0 aliphatic heterocycles. The van der Waals surface area contributed by atoms with Crippen LogP contribution in [0.3, 0.4) is 0 Å². The van der Waals surface area contributed by atoms with E-state index in [1.165, 1.54) is 51.4 Å². The second-order valence-electron chi connectivity index (χ2n) is 7.28. The van der Waals surface area contributed by atoms with Crippen LogP contribution in [0.1, 0.15) is 97.8 Å². The van der Waals surface area contributed by atoms with Gasteiger partial charge in [-0.1, -0.05) is 64.5 Å². The van der Waals surface area contributed by atoms with Crippen LogP contribution in [0.5, 0.6) is 0 Å². The van der Waals surface area contributed by atoms with Crippen molar-refractivity contribution in [3.8, 4) is 6.07 Å². The van der Waals surface area contributed by atoms with Crippen LogP contribution in [-0.2, 0) is 0 Å². The summed E-state index contributed by atoms with van der Waals surface area (Å²) in [5, 5.41) is 9.67. The van der Waals surface area contributed by atoms with Crippen molar-refractivity contribution in [2.24, 2.45) is 0 Å². The number of nitriles is 1. The fourth-order valence-electron chi connectivity index (χ4n) is 3.76. The van der Waals surface area contributed by atoms with Gasteiger partial charge in [0.25, 0.3) is 0 Å². The topological polar surface area (TPSA) is 27.0 Å². The molecule has 3 atom stereocenters. The molecular formula is C23H42N2. The highest BCUT2D eigenvalue weighted by Gasteiger charge is 2.29. The van der Waals surface area contributed by atoms with Crippen molar-refractivity contribution in [1.29, 1.82) is 5.26 Å². The molecule has 0 aromatic heterocycles. The van der Waals surface area contributed by atoms with Crippen molar-refractivity contribution < 1.29 is 0 Å². The highest BCUT2D eigenvalue weighted by molar-refractivity contribution is 4.95. The maximum atomic E-state index is 9.67. The molecule has 2 heteroatoms. The van der Waals surface area contributed by atoms with Gasteiger partial charge in [-0.15, -0.1) is 13.2 Å². The molecule has 0 aromatic carbocycles. The van der Waals surface area contributed by atoms with Gasteiger partial charge in [0.05, 0.1) is 12.1 Å². The summed E-state index contributed by atoms with van der Waals surface area (Å²) in [6, 6.07) is 3.51. The Kier molecular flexibility index (Phi) is 15.7. The van der Waals surface area contributed by atoms with Crippen LogP contribution in [0.2, 0.25) is 0 Å². The van der Waals surface area contributed by atoms with Gasteiger partial charge in [-0.25, -0.2) is 0 Å². The largest absolute Gasteiger partial charge is 0.282 e. The number of hydrogen-bond acceptors (Lipinski definition) is 2. The van der Waals surface area contributed by atoms with Gasteiger partial charge in [-0.05, 0) is 45.4 Å². The van der Waals surface area contributed by atoms with Crippen LogP contribution in [0.4, 0.5) is 0 Å². The van der Waals surface area contributed by atoms with Crippen molar-refractivity contribution in [1.82, 2.24) is 4.90 Å². The Morgan fingerprint density at radius 2 is 1.28 bits per heavy atom. The third-order valence-corrected chi connectivity index (χ3v) is 5.17. The molecule has 0 aliphatic carbocycles. The minimum atomic E-state index is -0.0205. The van der Waals surface area contributed by atoms with E-state index in [4.69, 9.17) is 0 Å². The zero-order valence-electron chi connectivity index (χ0n) is 17.2. The molecule has 144 valence electrons. The molecule has 0 aromatic rings. The first-order chi connectivity index (χ1) is 12.2. The number of rotatable bonds is 17. The number of hydrogen-bond donors (Lipinski definition) is 0. The van der Waals surface area contributed by atoms with Gasteiger partial charge in [-0.3, -0.25) is 4.90 Å². The van der Waals surface area contributed by atoms with Crippen molar-refractivity contribution in [2.75, 3.05) is 0 Å². The van der Waals surface area contributed by atoms with Crippen molar-refractivity contribution in [3.05, 3.63) is 25.3 Å². The van der Waals surface area contributed by atoms with Gasteiger partial charge in [0.1, 0.15) is 0 Å². The standard InChI is InChI=1S/C23H42N2/c1-6-10-14-18-22(16-12-8-3)25(21(5)20-24)23(17-13-9-4)19-15-11-7-2/h8-9,21-23H,3-4,6-7,10-19H2,1-2,5H3. The molecule has 0 saturated heterocycles. The fourth-order valence-corrected chi connectivity index (χ4v) is 3.76. The third kappa shape index (κ3) is 10.5. The van der Waals surface area contributed by atoms with Crippen LogP contribution >= 0.6 is 0 Å². The summed E-state index contributed by atoms with van der Waals surface area (Å²) in [5.74, 6) is 0. The van der Waals surface area contributed by atoms with E-state index in [1.54, 1.807) is 0 Å². The predicted molar refractivity (Wildman–Crippen MR) is 112 cm³/mol. The average Bonchev–Trinajstić information content (AvgIpc) is 2.63. The molecule has 0 N–H and O–H groups in total. The van der Waals surface area contributed by atoms with E-state index >= 15 is 0 Å². The zero-order chi connectivity index (χ0) is 18.9. The smallest absolute Gasteiger partial charge is 0.0954 e. The second kappa shape index (κ2) is 16.4. The Balaban J connectivity index is 5.28. The Bertz CT molecular complexity index is 343. The molecule has 2 nitrogen and oxygen atoms in total. The fraction of sp³-hybridized carbons (Fsp3) is 0.783. The highest BCUT2D eigenvalue weighted by atomic mass is 15.2. The number of nitrogens with zero attached hydrogens (tertiary/aromatic N) is 2. The molecular weight excluding hydrogens is 304 g/mol. The monoisotopic (exact) mass is 346 g/mol. The van der Waals surface area contributed by atoms with E-state index in [0.29, 0.717) is 12.1 Å². The lowest BCUT2D eigenvalue weighted by molar-refractivity contribution is 0.0843. The second-order valence-corrected chi connectivity index (χ2v) is 7.28.